The molecule has 110 valence electrons. The van der Waals surface area contributed by atoms with Gasteiger partial charge in [-0.25, -0.2) is 4.79 Å². The molecule has 0 aromatic heterocycles. The van der Waals surface area contributed by atoms with Crippen LogP contribution in [0.3, 0.4) is 0 Å². The molecule has 1 rings (SSSR count). The van der Waals surface area contributed by atoms with E-state index < -0.39 is 0 Å². The second kappa shape index (κ2) is 7.88. The van der Waals surface area contributed by atoms with Gasteiger partial charge in [0.1, 0.15) is 0 Å². The van der Waals surface area contributed by atoms with E-state index in [2.05, 4.69) is 20.8 Å². The van der Waals surface area contributed by atoms with Crippen LogP contribution in [0.2, 0.25) is 0 Å². The first-order valence-electron chi connectivity index (χ1n) is 7.28. The minimum Gasteiger partial charge on any atom is -0.463 e. The summed E-state index contributed by atoms with van der Waals surface area (Å²) >= 11 is 0. The number of esters is 1. The second-order valence-corrected chi connectivity index (χ2v) is 6.43. The molecule has 1 aromatic rings. The molecular formula is C18H26O2. The number of ether oxygens (including phenoxy) is 1. The van der Waals surface area contributed by atoms with Gasteiger partial charge in [-0.15, -0.1) is 0 Å². The lowest BCUT2D eigenvalue weighted by atomic mass is 9.90. The molecule has 0 aliphatic rings. The van der Waals surface area contributed by atoms with Crippen LogP contribution >= 0.6 is 0 Å². The Kier molecular flexibility index (Phi) is 6.50. The summed E-state index contributed by atoms with van der Waals surface area (Å²) in [5, 5.41) is 0. The number of rotatable bonds is 6. The molecule has 0 N–H and O–H groups in total. The van der Waals surface area contributed by atoms with E-state index in [9.17, 15) is 4.79 Å². The van der Waals surface area contributed by atoms with Crippen LogP contribution in [0.25, 0.3) is 6.08 Å². The molecule has 0 amide bonds. The van der Waals surface area contributed by atoms with Gasteiger partial charge in [-0.1, -0.05) is 50.6 Å². The van der Waals surface area contributed by atoms with Crippen LogP contribution in [0.1, 0.15) is 51.2 Å². The van der Waals surface area contributed by atoms with E-state index in [0.29, 0.717) is 12.0 Å². The summed E-state index contributed by atoms with van der Waals surface area (Å²) in [7, 11) is 0. The largest absolute Gasteiger partial charge is 0.463 e. The van der Waals surface area contributed by atoms with Crippen LogP contribution in [-0.2, 0) is 9.53 Å². The van der Waals surface area contributed by atoms with Crippen molar-refractivity contribution in [3.63, 3.8) is 0 Å². The van der Waals surface area contributed by atoms with Crippen LogP contribution in [0.4, 0.5) is 0 Å². The predicted octanol–water partition coefficient (Wildman–Crippen LogP) is 4.77. The summed E-state index contributed by atoms with van der Waals surface area (Å²) < 4.78 is 5.18. The Morgan fingerprint density at radius 1 is 1.15 bits per heavy atom. The zero-order valence-electron chi connectivity index (χ0n) is 13.1. The minimum atomic E-state index is -0.263. The Labute approximate surface area is 122 Å². The molecule has 0 heterocycles. The summed E-state index contributed by atoms with van der Waals surface area (Å²) in [5.41, 5.74) is 2.58. The second-order valence-electron chi connectivity index (χ2n) is 6.43. The van der Waals surface area contributed by atoms with E-state index in [4.69, 9.17) is 4.74 Å². The number of hydrogen-bond acceptors (Lipinski definition) is 2. The first-order valence-corrected chi connectivity index (χ1v) is 7.28. The maximum atomic E-state index is 11.5. The lowest BCUT2D eigenvalue weighted by Gasteiger charge is -2.17. The highest BCUT2D eigenvalue weighted by atomic mass is 16.5. The monoisotopic (exact) mass is 274 g/mol. The van der Waals surface area contributed by atoms with Crippen LogP contribution in [0.15, 0.2) is 30.3 Å². The summed E-state index contributed by atoms with van der Waals surface area (Å²) in [6.45, 7) is 9.22. The van der Waals surface area contributed by atoms with Gasteiger partial charge in [-0.05, 0) is 43.2 Å². The molecule has 0 bridgehead atoms. The van der Waals surface area contributed by atoms with Gasteiger partial charge in [0.05, 0.1) is 6.61 Å². The highest BCUT2D eigenvalue weighted by Crippen LogP contribution is 2.21. The lowest BCUT2D eigenvalue weighted by molar-refractivity contribution is -0.137. The Morgan fingerprint density at radius 3 is 2.40 bits per heavy atom. The molecule has 0 radical (unpaired) electrons. The number of unbranched alkanes of at least 4 members (excludes halogenated alkanes) is 1. The van der Waals surface area contributed by atoms with E-state index in [1.54, 1.807) is 6.08 Å². The van der Waals surface area contributed by atoms with Gasteiger partial charge in [0.25, 0.3) is 0 Å². The van der Waals surface area contributed by atoms with Gasteiger partial charge in [0.2, 0.25) is 0 Å². The van der Waals surface area contributed by atoms with Crippen LogP contribution in [0.5, 0.6) is 0 Å². The maximum Gasteiger partial charge on any atom is 0.330 e. The smallest absolute Gasteiger partial charge is 0.330 e. The fourth-order valence-corrected chi connectivity index (χ4v) is 1.82. The number of carbonyl (C=O) groups excluding carboxylic acids is 1. The zero-order chi connectivity index (χ0) is 15.0. The van der Waals surface area contributed by atoms with E-state index in [1.807, 2.05) is 31.2 Å². The molecule has 0 unspecified atom stereocenters. The normalized spacial score (nSPS) is 11.8. The van der Waals surface area contributed by atoms with Crippen molar-refractivity contribution >= 4 is 12.0 Å². The van der Waals surface area contributed by atoms with Crippen LogP contribution in [-0.4, -0.2) is 12.6 Å². The molecule has 2 nitrogen and oxygen atoms in total. The van der Waals surface area contributed by atoms with Crippen molar-refractivity contribution in [1.29, 1.82) is 0 Å². The first-order chi connectivity index (χ1) is 9.37. The standard InChI is InChI=1S/C18H26O2/c1-15-7-9-16(10-8-15)11-12-17(19)20-14-6-5-13-18(2,3)4/h7-12H,5-6,13-14H2,1-4H3/b12-11+. The number of hydrogen-bond donors (Lipinski definition) is 0. The molecule has 2 heteroatoms. The van der Waals surface area contributed by atoms with Crippen molar-refractivity contribution in [2.75, 3.05) is 6.61 Å². The van der Waals surface area contributed by atoms with Crippen LogP contribution < -0.4 is 0 Å². The molecule has 0 aliphatic heterocycles. The van der Waals surface area contributed by atoms with Crippen molar-refractivity contribution in [3.8, 4) is 0 Å². The fraction of sp³-hybridized carbons (Fsp3) is 0.500. The first kappa shape index (κ1) is 16.5. The molecule has 0 saturated heterocycles. The van der Waals surface area contributed by atoms with E-state index in [0.717, 1.165) is 24.8 Å². The fourth-order valence-electron chi connectivity index (χ4n) is 1.82. The molecule has 0 saturated carbocycles. The Balaban J connectivity index is 2.22. The van der Waals surface area contributed by atoms with Gasteiger partial charge in [0.15, 0.2) is 0 Å². The van der Waals surface area contributed by atoms with Crippen molar-refractivity contribution in [2.24, 2.45) is 5.41 Å². The van der Waals surface area contributed by atoms with E-state index >= 15 is 0 Å². The number of benzene rings is 1. The van der Waals surface area contributed by atoms with Crippen molar-refractivity contribution in [3.05, 3.63) is 41.5 Å². The average Bonchev–Trinajstić information content (AvgIpc) is 2.36. The van der Waals surface area contributed by atoms with Crippen molar-refractivity contribution in [2.45, 2.75) is 47.0 Å². The van der Waals surface area contributed by atoms with Crippen molar-refractivity contribution < 1.29 is 9.53 Å². The van der Waals surface area contributed by atoms with Gasteiger partial charge in [-0.3, -0.25) is 0 Å². The highest BCUT2D eigenvalue weighted by Gasteiger charge is 2.09. The van der Waals surface area contributed by atoms with E-state index in [1.165, 1.54) is 11.6 Å². The summed E-state index contributed by atoms with van der Waals surface area (Å²) in [4.78, 5) is 11.5. The Bertz CT molecular complexity index is 435. The summed E-state index contributed by atoms with van der Waals surface area (Å²) in [6.07, 6.45) is 6.47. The van der Waals surface area contributed by atoms with Gasteiger partial charge in [0, 0.05) is 6.08 Å². The minimum absolute atomic E-state index is 0.263. The van der Waals surface area contributed by atoms with Gasteiger partial charge in [-0.2, -0.15) is 0 Å². The summed E-state index contributed by atoms with van der Waals surface area (Å²) in [5.74, 6) is -0.263. The van der Waals surface area contributed by atoms with Gasteiger partial charge >= 0.3 is 5.97 Å². The quantitative estimate of drug-likeness (QED) is 0.424. The van der Waals surface area contributed by atoms with Crippen molar-refractivity contribution in [1.82, 2.24) is 0 Å². The molecule has 1 aromatic carbocycles. The lowest BCUT2D eigenvalue weighted by Crippen LogP contribution is -2.06. The zero-order valence-corrected chi connectivity index (χ0v) is 13.1. The topological polar surface area (TPSA) is 26.3 Å². The third-order valence-electron chi connectivity index (χ3n) is 3.05. The molecule has 0 atom stereocenters. The third-order valence-corrected chi connectivity index (χ3v) is 3.05. The van der Waals surface area contributed by atoms with Crippen LogP contribution in [0, 0.1) is 12.3 Å². The molecule has 20 heavy (non-hydrogen) atoms. The SMILES string of the molecule is Cc1ccc(/C=C/C(=O)OCCCCC(C)(C)C)cc1. The molecule has 0 fully saturated rings. The number of carbonyl (C=O) groups is 1. The number of aryl methyl sites for hydroxylation is 1. The molecule has 0 aliphatic carbocycles. The highest BCUT2D eigenvalue weighted by molar-refractivity contribution is 5.87. The van der Waals surface area contributed by atoms with Gasteiger partial charge < -0.3 is 4.74 Å². The van der Waals surface area contributed by atoms with E-state index in [-0.39, 0.29) is 5.97 Å². The molecular weight excluding hydrogens is 248 g/mol. The Morgan fingerprint density at radius 2 is 1.80 bits per heavy atom. The Hall–Kier alpha value is -1.57. The predicted molar refractivity (Wildman–Crippen MR) is 84.5 cm³/mol. The third kappa shape index (κ3) is 7.78. The maximum absolute atomic E-state index is 11.5. The average molecular weight is 274 g/mol. The molecule has 0 spiro atoms. The summed E-state index contributed by atoms with van der Waals surface area (Å²) in [6, 6.07) is 8.03.